The number of nitrogens with one attached hydrogen (secondary N) is 3. The second-order valence-electron chi connectivity index (χ2n) is 6.47. The Labute approximate surface area is 144 Å². The molecule has 0 aliphatic carbocycles. The van der Waals surface area contributed by atoms with Crippen molar-refractivity contribution >= 4 is 11.8 Å². The van der Waals surface area contributed by atoms with Gasteiger partial charge in [-0.15, -0.1) is 0 Å². The Morgan fingerprint density at radius 2 is 2.29 bits per heavy atom. The van der Waals surface area contributed by atoms with Crippen molar-refractivity contribution in [2.75, 3.05) is 25.0 Å². The van der Waals surface area contributed by atoms with Crippen LogP contribution in [-0.2, 0) is 4.74 Å². The maximum Gasteiger partial charge on any atom is 0.191 e. The Kier molecular flexibility index (Phi) is 6.29. The highest BCUT2D eigenvalue weighted by atomic mass is 16.5. The molecule has 1 aromatic rings. The zero-order chi connectivity index (χ0) is 16.6. The van der Waals surface area contributed by atoms with E-state index in [0.29, 0.717) is 18.2 Å². The first-order valence-electron chi connectivity index (χ1n) is 9.20. The third-order valence-electron chi connectivity index (χ3n) is 4.60. The van der Waals surface area contributed by atoms with E-state index in [2.05, 4.69) is 27.9 Å². The fourth-order valence-corrected chi connectivity index (χ4v) is 3.40. The number of anilines is 1. The van der Waals surface area contributed by atoms with Crippen molar-refractivity contribution in [3.05, 3.63) is 24.4 Å². The number of ether oxygens (including phenoxy) is 1. The average Bonchev–Trinajstić information content (AvgIpc) is 3.22. The molecule has 1 aromatic heterocycles. The van der Waals surface area contributed by atoms with Crippen LogP contribution >= 0.6 is 0 Å². The van der Waals surface area contributed by atoms with Gasteiger partial charge >= 0.3 is 0 Å². The van der Waals surface area contributed by atoms with Crippen LogP contribution in [0.4, 0.5) is 5.82 Å². The van der Waals surface area contributed by atoms with Crippen LogP contribution in [0.15, 0.2) is 29.4 Å². The monoisotopic (exact) mass is 331 g/mol. The highest BCUT2D eigenvalue weighted by molar-refractivity contribution is 5.80. The smallest absolute Gasteiger partial charge is 0.191 e. The third kappa shape index (κ3) is 4.84. The number of aromatic nitrogens is 1. The average molecular weight is 331 g/mol. The molecule has 6 heteroatoms. The van der Waals surface area contributed by atoms with Gasteiger partial charge in [0.25, 0.3) is 0 Å². The van der Waals surface area contributed by atoms with Gasteiger partial charge in [0.1, 0.15) is 5.82 Å². The van der Waals surface area contributed by atoms with Gasteiger partial charge in [0.2, 0.25) is 0 Å². The molecule has 0 saturated carbocycles. The van der Waals surface area contributed by atoms with E-state index in [9.17, 15) is 0 Å². The summed E-state index contributed by atoms with van der Waals surface area (Å²) in [6.45, 7) is 4.75. The van der Waals surface area contributed by atoms with Gasteiger partial charge in [-0.25, -0.2) is 4.98 Å². The Morgan fingerprint density at radius 1 is 1.33 bits per heavy atom. The van der Waals surface area contributed by atoms with Crippen LogP contribution < -0.4 is 16.0 Å². The lowest BCUT2D eigenvalue weighted by molar-refractivity contribution is 0.0992. The molecule has 132 valence electrons. The van der Waals surface area contributed by atoms with Crippen LogP contribution in [-0.4, -0.2) is 48.8 Å². The molecule has 6 nitrogen and oxygen atoms in total. The minimum atomic E-state index is 0.376. The fourth-order valence-electron chi connectivity index (χ4n) is 3.40. The topological polar surface area (TPSA) is 70.6 Å². The molecule has 3 N–H and O–H groups in total. The molecule has 2 fully saturated rings. The van der Waals surface area contributed by atoms with Crippen LogP contribution in [0, 0.1) is 0 Å². The Bertz CT molecular complexity index is 521. The first kappa shape index (κ1) is 17.0. The van der Waals surface area contributed by atoms with Gasteiger partial charge < -0.3 is 20.7 Å². The molecular weight excluding hydrogens is 302 g/mol. The van der Waals surface area contributed by atoms with Gasteiger partial charge in [0.05, 0.1) is 18.2 Å². The minimum absolute atomic E-state index is 0.376. The molecule has 2 aliphatic rings. The van der Waals surface area contributed by atoms with Crippen LogP contribution in [0.5, 0.6) is 0 Å². The summed E-state index contributed by atoms with van der Waals surface area (Å²) >= 11 is 0. The van der Waals surface area contributed by atoms with Gasteiger partial charge in [-0.1, -0.05) is 6.07 Å². The molecule has 2 saturated heterocycles. The van der Waals surface area contributed by atoms with Crippen molar-refractivity contribution in [2.45, 2.75) is 57.3 Å². The number of nitrogens with zero attached hydrogens (tertiary/aromatic N) is 2. The van der Waals surface area contributed by atoms with Crippen molar-refractivity contribution in [2.24, 2.45) is 4.99 Å². The summed E-state index contributed by atoms with van der Waals surface area (Å²) in [5.41, 5.74) is 0. The first-order valence-corrected chi connectivity index (χ1v) is 9.20. The van der Waals surface area contributed by atoms with E-state index in [-0.39, 0.29) is 0 Å². The summed E-state index contributed by atoms with van der Waals surface area (Å²) in [7, 11) is 0. The molecule has 2 bridgehead atoms. The van der Waals surface area contributed by atoms with Gasteiger partial charge in [0, 0.05) is 25.8 Å². The summed E-state index contributed by atoms with van der Waals surface area (Å²) in [6, 6.07) is 6.33. The number of aliphatic imine (C=N–C) groups is 1. The number of guanidine groups is 1. The largest absolute Gasteiger partial charge is 0.373 e. The predicted octanol–water partition coefficient (Wildman–Crippen LogP) is 2.15. The SMILES string of the molecule is CCNC(=NCCCCNc1ccccn1)NC1CC2CCC1O2. The van der Waals surface area contributed by atoms with Crippen LogP contribution in [0.3, 0.4) is 0 Å². The number of hydrogen-bond donors (Lipinski definition) is 3. The van der Waals surface area contributed by atoms with Crippen molar-refractivity contribution in [3.8, 4) is 0 Å². The summed E-state index contributed by atoms with van der Waals surface area (Å²) in [5, 5.41) is 10.2. The summed E-state index contributed by atoms with van der Waals surface area (Å²) in [4.78, 5) is 8.96. The Balaban J connectivity index is 1.35. The molecule has 2 aliphatic heterocycles. The zero-order valence-corrected chi connectivity index (χ0v) is 14.5. The molecule has 0 aromatic carbocycles. The van der Waals surface area contributed by atoms with E-state index < -0.39 is 0 Å². The molecule has 3 heterocycles. The highest BCUT2D eigenvalue weighted by Crippen LogP contribution is 2.34. The molecule has 3 rings (SSSR count). The number of hydrogen-bond acceptors (Lipinski definition) is 4. The highest BCUT2D eigenvalue weighted by Gasteiger charge is 2.41. The summed E-state index contributed by atoms with van der Waals surface area (Å²) in [6.07, 6.45) is 8.30. The predicted molar refractivity (Wildman–Crippen MR) is 97.4 cm³/mol. The van der Waals surface area contributed by atoms with E-state index in [1.807, 2.05) is 18.2 Å². The Morgan fingerprint density at radius 3 is 3.00 bits per heavy atom. The second kappa shape index (κ2) is 8.87. The van der Waals surface area contributed by atoms with Gasteiger partial charge in [-0.05, 0) is 51.2 Å². The standard InChI is InChI=1S/C18H29N5O/c1-2-19-18(23-15-13-14-8-9-16(15)24-14)22-12-6-5-11-21-17-7-3-4-10-20-17/h3-4,7,10,14-16H,2,5-6,8-9,11-13H2,1H3,(H,20,21)(H2,19,22,23). The molecule has 3 unspecified atom stereocenters. The molecule has 24 heavy (non-hydrogen) atoms. The van der Waals surface area contributed by atoms with E-state index >= 15 is 0 Å². The lowest BCUT2D eigenvalue weighted by Gasteiger charge is -2.22. The normalized spacial score (nSPS) is 25.7. The summed E-state index contributed by atoms with van der Waals surface area (Å²) < 4.78 is 5.90. The zero-order valence-electron chi connectivity index (χ0n) is 14.5. The quantitative estimate of drug-likeness (QED) is 0.387. The molecule has 0 amide bonds. The summed E-state index contributed by atoms with van der Waals surface area (Å²) in [5.74, 6) is 1.86. The molecule has 0 spiro atoms. The maximum atomic E-state index is 5.90. The molecular formula is C18H29N5O. The van der Waals surface area contributed by atoms with Crippen LogP contribution in [0.2, 0.25) is 0 Å². The number of fused-ring (bicyclic) bond motifs is 2. The van der Waals surface area contributed by atoms with E-state index in [4.69, 9.17) is 9.73 Å². The van der Waals surface area contributed by atoms with Crippen LogP contribution in [0.1, 0.15) is 39.0 Å². The van der Waals surface area contributed by atoms with E-state index in [1.54, 1.807) is 6.20 Å². The van der Waals surface area contributed by atoms with Crippen molar-refractivity contribution in [1.82, 2.24) is 15.6 Å². The van der Waals surface area contributed by atoms with Crippen molar-refractivity contribution < 1.29 is 4.74 Å². The lowest BCUT2D eigenvalue weighted by Crippen LogP contribution is -2.47. The second-order valence-corrected chi connectivity index (χ2v) is 6.47. The minimum Gasteiger partial charge on any atom is -0.373 e. The van der Waals surface area contributed by atoms with Crippen LogP contribution in [0.25, 0.3) is 0 Å². The van der Waals surface area contributed by atoms with Gasteiger partial charge in [0.15, 0.2) is 5.96 Å². The molecule has 3 atom stereocenters. The fraction of sp³-hybridized carbons (Fsp3) is 0.667. The lowest BCUT2D eigenvalue weighted by atomic mass is 9.96. The van der Waals surface area contributed by atoms with Gasteiger partial charge in [-0.2, -0.15) is 0 Å². The Hall–Kier alpha value is -1.82. The molecule has 0 radical (unpaired) electrons. The van der Waals surface area contributed by atoms with E-state index in [1.165, 1.54) is 12.8 Å². The first-order chi connectivity index (χ1) is 11.8. The van der Waals surface area contributed by atoms with E-state index in [0.717, 1.165) is 50.7 Å². The number of pyridine rings is 1. The van der Waals surface area contributed by atoms with Gasteiger partial charge in [-0.3, -0.25) is 4.99 Å². The third-order valence-corrected chi connectivity index (χ3v) is 4.60. The number of unbranched alkanes of at least 4 members (excludes halogenated alkanes) is 1. The number of rotatable bonds is 8. The maximum absolute atomic E-state index is 5.90. The van der Waals surface area contributed by atoms with Crippen molar-refractivity contribution in [1.29, 1.82) is 0 Å². The van der Waals surface area contributed by atoms with Crippen molar-refractivity contribution in [3.63, 3.8) is 0 Å².